The maximum atomic E-state index is 4.63. The predicted molar refractivity (Wildman–Crippen MR) is 31.1 cm³/mol. The smallest absolute Gasteiger partial charge is 0.314 e. The van der Waals surface area contributed by atoms with E-state index in [1.807, 2.05) is 6.92 Å². The summed E-state index contributed by atoms with van der Waals surface area (Å²) in [6.45, 7) is 1.98. The summed E-state index contributed by atoms with van der Waals surface area (Å²) in [6.07, 6.45) is 0.833. The van der Waals surface area contributed by atoms with Gasteiger partial charge in [-0.15, -0.1) is 0 Å². The van der Waals surface area contributed by atoms with E-state index in [1.54, 1.807) is 0 Å². The van der Waals surface area contributed by atoms with E-state index in [2.05, 4.69) is 26.9 Å². The van der Waals surface area contributed by atoms with Gasteiger partial charge in [-0.25, -0.2) is 5.16 Å². The van der Waals surface area contributed by atoms with Crippen molar-refractivity contribution >= 4 is 12.2 Å². The highest BCUT2D eigenvalue weighted by Crippen LogP contribution is 1.89. The van der Waals surface area contributed by atoms with E-state index in [9.17, 15) is 0 Å². The van der Waals surface area contributed by atoms with Gasteiger partial charge in [0, 0.05) is 6.42 Å². The summed E-state index contributed by atoms with van der Waals surface area (Å²) in [5, 5.41) is 2.56. The maximum Gasteiger partial charge on any atom is 0.314 e. The van der Waals surface area contributed by atoms with Crippen molar-refractivity contribution in [3.8, 4) is 0 Å². The normalized spacial score (nSPS) is 9.62. The van der Waals surface area contributed by atoms with Crippen molar-refractivity contribution in [1.82, 2.24) is 10.1 Å². The zero-order valence-corrected chi connectivity index (χ0v) is 5.29. The zero-order valence-electron chi connectivity index (χ0n) is 4.47. The van der Waals surface area contributed by atoms with Crippen LogP contribution < -0.4 is 0 Å². The van der Waals surface area contributed by atoms with Crippen LogP contribution in [0.25, 0.3) is 0 Å². The molecule has 0 bridgehead atoms. The third-order valence-electron chi connectivity index (χ3n) is 0.817. The van der Waals surface area contributed by atoms with Gasteiger partial charge >= 0.3 is 4.84 Å². The van der Waals surface area contributed by atoms with Crippen molar-refractivity contribution in [2.24, 2.45) is 0 Å². The van der Waals surface area contributed by atoms with Crippen molar-refractivity contribution < 1.29 is 4.52 Å². The Morgan fingerprint density at radius 1 is 1.88 bits per heavy atom. The highest BCUT2D eigenvalue weighted by atomic mass is 32.1. The zero-order chi connectivity index (χ0) is 5.98. The molecule has 1 rings (SSSR count). The number of nitrogens with zero attached hydrogens (tertiary/aromatic N) is 1. The van der Waals surface area contributed by atoms with Crippen LogP contribution in [0.1, 0.15) is 12.7 Å². The maximum absolute atomic E-state index is 4.63. The van der Waals surface area contributed by atoms with Crippen LogP contribution in [-0.4, -0.2) is 10.1 Å². The Hall–Kier alpha value is -0.640. The summed E-state index contributed by atoms with van der Waals surface area (Å²) < 4.78 is 4.63. The minimum atomic E-state index is 0.279. The number of aromatic amines is 1. The van der Waals surface area contributed by atoms with E-state index in [4.69, 9.17) is 0 Å². The fraction of sp³-hybridized carbons (Fsp3) is 0.500. The van der Waals surface area contributed by atoms with Gasteiger partial charge in [-0.2, -0.15) is 4.98 Å². The number of nitrogens with one attached hydrogen (secondary N) is 1. The van der Waals surface area contributed by atoms with E-state index < -0.39 is 0 Å². The Morgan fingerprint density at radius 2 is 2.62 bits per heavy atom. The van der Waals surface area contributed by atoms with Crippen LogP contribution in [-0.2, 0) is 6.42 Å². The molecule has 0 aromatic carbocycles. The summed E-state index contributed by atoms with van der Waals surface area (Å²) in [4.78, 5) is 4.10. The number of aryl methyl sites for hydroxylation is 1. The van der Waals surface area contributed by atoms with Crippen LogP contribution in [0.3, 0.4) is 0 Å². The van der Waals surface area contributed by atoms with Crippen molar-refractivity contribution in [2.75, 3.05) is 0 Å². The van der Waals surface area contributed by atoms with Crippen LogP contribution in [0.4, 0.5) is 0 Å². The second-order valence-corrected chi connectivity index (χ2v) is 1.73. The molecule has 0 saturated carbocycles. The van der Waals surface area contributed by atoms with E-state index >= 15 is 0 Å². The Kier molecular flexibility index (Phi) is 1.43. The molecule has 8 heavy (non-hydrogen) atoms. The molecule has 0 aliphatic rings. The first kappa shape index (κ1) is 5.50. The first-order valence-electron chi connectivity index (χ1n) is 2.37. The first-order chi connectivity index (χ1) is 3.83. The fourth-order valence-electron chi connectivity index (χ4n) is 0.410. The quantitative estimate of drug-likeness (QED) is 0.582. The topological polar surface area (TPSA) is 41.8 Å². The number of aromatic nitrogens is 2. The molecule has 0 spiro atoms. The minimum absolute atomic E-state index is 0.279. The SMILES string of the molecule is CCc1nc(=S)o[nH]1. The Morgan fingerprint density at radius 3 is 2.88 bits per heavy atom. The van der Waals surface area contributed by atoms with Crippen molar-refractivity contribution in [3.63, 3.8) is 0 Å². The van der Waals surface area contributed by atoms with E-state index in [-0.39, 0.29) is 4.84 Å². The molecular weight excluding hydrogens is 124 g/mol. The van der Waals surface area contributed by atoms with Gasteiger partial charge in [0.1, 0.15) is 5.82 Å². The van der Waals surface area contributed by atoms with Gasteiger partial charge in [0.05, 0.1) is 0 Å². The Labute approximate surface area is 51.7 Å². The van der Waals surface area contributed by atoms with Gasteiger partial charge in [-0.05, 0) is 12.2 Å². The lowest BCUT2D eigenvalue weighted by molar-refractivity contribution is 0.399. The molecule has 0 radical (unpaired) electrons. The molecule has 1 N–H and O–H groups in total. The predicted octanol–water partition coefficient (Wildman–Crippen LogP) is 1.29. The van der Waals surface area contributed by atoms with Crippen LogP contribution in [0.15, 0.2) is 4.52 Å². The highest BCUT2D eigenvalue weighted by molar-refractivity contribution is 7.71. The monoisotopic (exact) mass is 130 g/mol. The van der Waals surface area contributed by atoms with E-state index in [0.717, 1.165) is 12.2 Å². The standard InChI is InChI=1S/C4H6N2OS/c1-2-3-5-4(8)7-6-3/h2H2,1H3,(H,5,6,8). The Bertz CT molecular complexity index is 214. The first-order valence-corrected chi connectivity index (χ1v) is 2.78. The third kappa shape index (κ3) is 0.949. The Balaban J connectivity index is 3.01. The summed E-state index contributed by atoms with van der Waals surface area (Å²) in [6, 6.07) is 0. The molecule has 1 heterocycles. The molecule has 1 aromatic rings. The lowest BCUT2D eigenvalue weighted by Crippen LogP contribution is -1.79. The van der Waals surface area contributed by atoms with Gasteiger partial charge in [0.15, 0.2) is 0 Å². The molecule has 0 aliphatic carbocycles. The van der Waals surface area contributed by atoms with Crippen molar-refractivity contribution in [1.29, 1.82) is 0 Å². The van der Waals surface area contributed by atoms with Gasteiger partial charge in [-0.3, -0.25) is 0 Å². The second-order valence-electron chi connectivity index (χ2n) is 1.38. The summed E-state index contributed by atoms with van der Waals surface area (Å²) in [7, 11) is 0. The number of hydrogen-bond donors (Lipinski definition) is 1. The summed E-state index contributed by atoms with van der Waals surface area (Å²) >= 11 is 4.59. The van der Waals surface area contributed by atoms with Crippen LogP contribution in [0.5, 0.6) is 0 Å². The summed E-state index contributed by atoms with van der Waals surface area (Å²) in [5.41, 5.74) is 0. The number of rotatable bonds is 1. The summed E-state index contributed by atoms with van der Waals surface area (Å²) in [5.74, 6) is 0.801. The number of H-pyrrole nitrogens is 1. The molecule has 3 nitrogen and oxygen atoms in total. The van der Waals surface area contributed by atoms with Crippen LogP contribution in [0, 0.1) is 4.84 Å². The number of hydrogen-bond acceptors (Lipinski definition) is 3. The average Bonchev–Trinajstić information content (AvgIpc) is 2.14. The van der Waals surface area contributed by atoms with Gasteiger partial charge in [0.2, 0.25) is 0 Å². The molecule has 1 aromatic heterocycles. The molecule has 0 aliphatic heterocycles. The van der Waals surface area contributed by atoms with E-state index in [0.29, 0.717) is 0 Å². The second kappa shape index (κ2) is 2.09. The largest absolute Gasteiger partial charge is 0.348 e. The van der Waals surface area contributed by atoms with Crippen molar-refractivity contribution in [3.05, 3.63) is 10.7 Å². The van der Waals surface area contributed by atoms with Gasteiger partial charge < -0.3 is 4.52 Å². The van der Waals surface area contributed by atoms with Crippen LogP contribution in [0.2, 0.25) is 0 Å². The van der Waals surface area contributed by atoms with Gasteiger partial charge in [0.25, 0.3) is 0 Å². The lowest BCUT2D eigenvalue weighted by atomic mass is 10.5. The molecule has 0 saturated heterocycles. The fourth-order valence-corrected chi connectivity index (χ4v) is 0.561. The molecule has 4 heteroatoms. The average molecular weight is 130 g/mol. The molecule has 44 valence electrons. The van der Waals surface area contributed by atoms with Gasteiger partial charge in [-0.1, -0.05) is 6.92 Å². The third-order valence-corrected chi connectivity index (χ3v) is 0.992. The lowest BCUT2D eigenvalue weighted by Gasteiger charge is -1.76. The van der Waals surface area contributed by atoms with E-state index in [1.165, 1.54) is 0 Å². The molecule has 0 atom stereocenters. The highest BCUT2D eigenvalue weighted by Gasteiger charge is 1.89. The van der Waals surface area contributed by atoms with Crippen LogP contribution >= 0.6 is 12.2 Å². The molecule has 0 unspecified atom stereocenters. The van der Waals surface area contributed by atoms with Crippen molar-refractivity contribution in [2.45, 2.75) is 13.3 Å². The molecular formula is C4H6N2OS. The molecule has 0 fully saturated rings. The minimum Gasteiger partial charge on any atom is -0.348 e. The molecule has 0 amide bonds.